The number of hydrogen-bond donors (Lipinski definition) is 0. The molecule has 0 radical (unpaired) electrons. The number of benzene rings is 4. The van der Waals surface area contributed by atoms with Crippen LogP contribution < -0.4 is 0 Å². The van der Waals surface area contributed by atoms with E-state index in [0.29, 0.717) is 0 Å². The second-order valence-corrected chi connectivity index (χ2v) is 26.3. The molecule has 75 heavy (non-hydrogen) atoms. The third-order valence-electron chi connectivity index (χ3n) is 14.8. The Bertz CT molecular complexity index is 4070. The average Bonchev–Trinajstić information content (AvgIpc) is 4.19. The summed E-state index contributed by atoms with van der Waals surface area (Å²) in [6.07, 6.45) is 9.07. The van der Waals surface area contributed by atoms with Crippen molar-refractivity contribution in [1.29, 1.82) is 0 Å². The van der Waals surface area contributed by atoms with Gasteiger partial charge in [0.2, 0.25) is 0 Å². The number of aromatic nitrogens is 2. The van der Waals surface area contributed by atoms with Gasteiger partial charge in [-0.2, -0.15) is 0 Å². The molecule has 8 heterocycles. The van der Waals surface area contributed by atoms with Crippen LogP contribution in [0.2, 0.25) is 0 Å². The molecule has 12 rings (SSSR count). The molecule has 0 unspecified atom stereocenters. The Kier molecular flexibility index (Phi) is 12.6. The Morgan fingerprint density at radius 2 is 0.373 bits per heavy atom. The Balaban J connectivity index is 1.25. The van der Waals surface area contributed by atoms with Gasteiger partial charge >= 0.3 is 0 Å². The van der Waals surface area contributed by atoms with Crippen LogP contribution in [-0.4, -0.2) is 9.97 Å². The second kappa shape index (κ2) is 19.2. The number of aryl methyl sites for hydroxylation is 12. The van der Waals surface area contributed by atoms with Crippen LogP contribution in [0.25, 0.3) is 116 Å². The SMILES string of the molecule is Cc1cc(C)c(-c2c3nc(c(-c4c(C)cc(C)cc4C)c4ccc(s4)c4ccc(s4)c4ccc(s4)c(-c4c(C)cc(C)cc4C)c4nc(c(-c5c(C)cc(C)cc5C)c5ccc(s5)c5ccc2s5)C=C4)C=C3)c(C)c1. The molecule has 0 atom stereocenters. The maximum absolute atomic E-state index is 5.73. The first-order chi connectivity index (χ1) is 36.1. The van der Waals surface area contributed by atoms with Gasteiger partial charge in [-0.05, 0) is 235 Å². The van der Waals surface area contributed by atoms with Crippen molar-refractivity contribution in [2.75, 3.05) is 0 Å². The van der Waals surface area contributed by atoms with Gasteiger partial charge in [-0.15, -0.1) is 56.7 Å². The quantitative estimate of drug-likeness (QED) is 0.176. The topological polar surface area (TPSA) is 25.8 Å². The highest BCUT2D eigenvalue weighted by molar-refractivity contribution is 7.34. The van der Waals surface area contributed by atoms with E-state index in [9.17, 15) is 0 Å². The van der Waals surface area contributed by atoms with E-state index in [2.05, 4.69) is 217 Å². The predicted molar refractivity (Wildman–Crippen MR) is 337 cm³/mol. The lowest BCUT2D eigenvalue weighted by atomic mass is 9.93. The fourth-order valence-electron chi connectivity index (χ4n) is 12.1. The average molecular weight is 1060 g/mol. The van der Waals surface area contributed by atoms with Crippen LogP contribution >= 0.6 is 56.7 Å². The summed E-state index contributed by atoms with van der Waals surface area (Å²) >= 11 is 9.34. The number of fused-ring (bicyclic) bond motifs is 17. The van der Waals surface area contributed by atoms with Gasteiger partial charge in [0.1, 0.15) is 0 Å². The van der Waals surface area contributed by atoms with E-state index in [0.717, 1.165) is 22.8 Å². The van der Waals surface area contributed by atoms with Crippen molar-refractivity contribution in [3.63, 3.8) is 0 Å². The summed E-state index contributed by atoms with van der Waals surface area (Å²) in [5, 5.41) is 0. The summed E-state index contributed by atoms with van der Waals surface area (Å²) in [6, 6.07) is 41.8. The Hall–Kier alpha value is -6.58. The lowest BCUT2D eigenvalue weighted by Gasteiger charge is -2.14. The molecule has 370 valence electrons. The summed E-state index contributed by atoms with van der Waals surface area (Å²) in [7, 11) is 0. The van der Waals surface area contributed by atoms with Crippen LogP contribution in [0.15, 0.2) is 109 Å². The lowest BCUT2D eigenvalue weighted by molar-refractivity contribution is 1.28. The zero-order valence-electron chi connectivity index (χ0n) is 44.6. The minimum atomic E-state index is 0.993. The van der Waals surface area contributed by atoms with Crippen LogP contribution in [0, 0.1) is 83.1 Å². The van der Waals surface area contributed by atoms with E-state index in [1.807, 2.05) is 56.7 Å². The molecule has 2 nitrogen and oxygen atoms in total. The predicted octanol–water partition coefficient (Wildman–Crippen LogP) is 21.8. The van der Waals surface area contributed by atoms with Crippen LogP contribution in [0.1, 0.15) is 89.5 Å². The normalized spacial score (nSPS) is 12.2. The van der Waals surface area contributed by atoms with Crippen molar-refractivity contribution in [2.24, 2.45) is 0 Å². The maximum Gasteiger partial charge on any atom is 0.0730 e. The highest BCUT2D eigenvalue weighted by Crippen LogP contribution is 2.46. The molecule has 14 bridgehead atoms. The molecule has 0 fully saturated rings. The van der Waals surface area contributed by atoms with Gasteiger partial charge < -0.3 is 0 Å². The largest absolute Gasteiger partial charge is 0.248 e. The number of nitrogens with zero attached hydrogens (tertiary/aromatic N) is 2. The van der Waals surface area contributed by atoms with E-state index in [-0.39, 0.29) is 0 Å². The van der Waals surface area contributed by atoms with Gasteiger partial charge in [0.05, 0.1) is 22.8 Å². The highest BCUT2D eigenvalue weighted by atomic mass is 32.1. The van der Waals surface area contributed by atoms with Crippen LogP contribution in [-0.2, 0) is 0 Å². The summed E-state index contributed by atoms with van der Waals surface area (Å²) in [5.74, 6) is 0. The molecule has 0 N–H and O–H groups in total. The first-order valence-electron chi connectivity index (χ1n) is 25.7. The van der Waals surface area contributed by atoms with Crippen LogP contribution in [0.3, 0.4) is 0 Å². The third kappa shape index (κ3) is 8.86. The van der Waals surface area contributed by atoms with E-state index >= 15 is 0 Å². The zero-order valence-corrected chi connectivity index (χ0v) is 48.7. The molecule has 0 amide bonds. The van der Waals surface area contributed by atoms with Gasteiger partial charge in [0, 0.05) is 69.3 Å². The molecule has 2 aliphatic rings. The smallest absolute Gasteiger partial charge is 0.0730 e. The summed E-state index contributed by atoms with van der Waals surface area (Å²) in [6.45, 7) is 26.9. The molecule has 2 aliphatic heterocycles. The molecule has 0 saturated carbocycles. The third-order valence-corrected chi connectivity index (χ3v) is 20.8. The highest BCUT2D eigenvalue weighted by Gasteiger charge is 2.23. The second-order valence-electron chi connectivity index (χ2n) is 20.8. The number of thiophene rings is 5. The first-order valence-corrected chi connectivity index (χ1v) is 29.8. The van der Waals surface area contributed by atoms with Crippen molar-refractivity contribution in [3.05, 3.63) is 199 Å². The van der Waals surface area contributed by atoms with Gasteiger partial charge in [-0.25, -0.2) is 9.97 Å². The van der Waals surface area contributed by atoms with Crippen molar-refractivity contribution in [1.82, 2.24) is 9.97 Å². The Labute approximate surface area is 460 Å². The van der Waals surface area contributed by atoms with Crippen LogP contribution in [0.5, 0.6) is 0 Å². The van der Waals surface area contributed by atoms with E-state index in [1.165, 1.54) is 158 Å². The molecule has 0 saturated heterocycles. The Morgan fingerprint density at radius 1 is 0.213 bits per heavy atom. The standard InChI is InChI=1S/C68H58N2S5/c1-35-27-39(5)61(40(6)28-35)65-47-13-15-49(69-47)67(63-43(9)31-37(3)32-44(63)10)59-25-21-55(74-59)56-22-26-60(75-56)68(64-45(11)33-38(4)34-46(64)12)50-16-14-48(70-50)66(62-41(7)29-36(2)30-42(62)8)58-24-20-54(73-58)52-18-17-51(71-52)53-19-23-57(65)72-53/h13-34H,1-12H3. The minimum absolute atomic E-state index is 0.993. The molecule has 0 spiro atoms. The monoisotopic (exact) mass is 1060 g/mol. The van der Waals surface area contributed by atoms with Crippen LogP contribution in [0.4, 0.5) is 0 Å². The first kappa shape index (κ1) is 49.3. The lowest BCUT2D eigenvalue weighted by Crippen LogP contribution is -1.94. The number of rotatable bonds is 4. The molecular weight excluding hydrogens is 1010 g/mol. The molecule has 6 aromatic heterocycles. The van der Waals surface area contributed by atoms with Crippen molar-refractivity contribution < 1.29 is 0 Å². The minimum Gasteiger partial charge on any atom is -0.248 e. The molecule has 4 aromatic carbocycles. The Morgan fingerprint density at radius 3 is 0.560 bits per heavy atom. The van der Waals surface area contributed by atoms with Gasteiger partial charge in [-0.3, -0.25) is 0 Å². The molecular formula is C68H58N2S5. The fourth-order valence-corrected chi connectivity index (χ4v) is 17.7. The molecule has 10 aromatic rings. The number of hydrogen-bond acceptors (Lipinski definition) is 7. The van der Waals surface area contributed by atoms with Crippen molar-refractivity contribution in [3.8, 4) is 44.5 Å². The van der Waals surface area contributed by atoms with Gasteiger partial charge in [0.25, 0.3) is 0 Å². The fraction of sp³-hybridized carbons (Fsp3) is 0.176. The van der Waals surface area contributed by atoms with Crippen molar-refractivity contribution >= 4 is 128 Å². The summed E-state index contributed by atoms with van der Waals surface area (Å²) in [4.78, 5) is 11.5. The zero-order chi connectivity index (χ0) is 52.1. The van der Waals surface area contributed by atoms with Gasteiger partial charge in [0.15, 0.2) is 0 Å². The van der Waals surface area contributed by atoms with Crippen molar-refractivity contribution in [2.45, 2.75) is 83.1 Å². The van der Waals surface area contributed by atoms with E-state index < -0.39 is 0 Å². The van der Waals surface area contributed by atoms with E-state index in [1.54, 1.807) is 0 Å². The van der Waals surface area contributed by atoms with Gasteiger partial charge in [-0.1, -0.05) is 70.8 Å². The molecule has 7 heteroatoms. The molecule has 0 aliphatic carbocycles. The summed E-state index contributed by atoms with van der Waals surface area (Å²) in [5.41, 5.74) is 28.9. The summed E-state index contributed by atoms with van der Waals surface area (Å²) < 4.78 is 12.4. The maximum atomic E-state index is 5.73. The van der Waals surface area contributed by atoms with E-state index in [4.69, 9.17) is 9.97 Å².